The number of anilines is 2. The molecule has 3 N–H and O–H groups in total. The molecule has 0 spiro atoms. The van der Waals surface area contributed by atoms with Crippen LogP contribution in [0.1, 0.15) is 39.4 Å². The zero-order valence-corrected chi connectivity index (χ0v) is 21.7. The molecule has 12 heteroatoms. The Hall–Kier alpha value is -2.60. The predicted molar refractivity (Wildman–Crippen MR) is 137 cm³/mol. The van der Waals surface area contributed by atoms with E-state index < -0.39 is 46.0 Å². The van der Waals surface area contributed by atoms with Crippen molar-refractivity contribution in [2.45, 2.75) is 44.4 Å². The van der Waals surface area contributed by atoms with Crippen molar-refractivity contribution < 1.29 is 22.7 Å². The molecule has 0 aliphatic heterocycles. The van der Waals surface area contributed by atoms with E-state index in [1.807, 2.05) is 0 Å². The van der Waals surface area contributed by atoms with Gasteiger partial charge in [0.2, 0.25) is 0 Å². The summed E-state index contributed by atoms with van der Waals surface area (Å²) in [6.45, 7) is 6.86. The number of benzene rings is 2. The van der Waals surface area contributed by atoms with Crippen molar-refractivity contribution in [3.8, 4) is 0 Å². The smallest absolute Gasteiger partial charge is 0.426 e. The molecule has 1 aromatic heterocycles. The quantitative estimate of drug-likeness (QED) is 0.256. The minimum atomic E-state index is -1.25. The summed E-state index contributed by atoms with van der Waals surface area (Å²) >= 11 is 7.70. The normalized spacial score (nSPS) is 13.4. The van der Waals surface area contributed by atoms with E-state index in [2.05, 4.69) is 10.3 Å². The Labute approximate surface area is 212 Å². The fraction of sp³-hybridized carbons (Fsp3) is 0.261. The van der Waals surface area contributed by atoms with Crippen LogP contribution in [0.5, 0.6) is 0 Å². The van der Waals surface area contributed by atoms with E-state index in [4.69, 9.17) is 22.1 Å². The van der Waals surface area contributed by atoms with Crippen LogP contribution < -0.4 is 15.4 Å². The first-order valence-corrected chi connectivity index (χ1v) is 12.9. The summed E-state index contributed by atoms with van der Waals surface area (Å²) < 4.78 is 49.3. The number of amides is 1. The molecule has 1 heterocycles. The Morgan fingerprint density at radius 3 is 2.43 bits per heavy atom. The average molecular weight is 545 g/mol. The molecule has 0 fully saturated rings. The molecule has 0 saturated carbocycles. The first-order valence-electron chi connectivity index (χ1n) is 10.3. The molecule has 6 nitrogen and oxygen atoms in total. The molecule has 2 atom stereocenters. The minimum Gasteiger partial charge on any atom is -0.443 e. The van der Waals surface area contributed by atoms with Gasteiger partial charge >= 0.3 is 6.09 Å². The minimum absolute atomic E-state index is 0.0930. The largest absolute Gasteiger partial charge is 0.443 e. The fourth-order valence-electron chi connectivity index (χ4n) is 3.02. The third-order valence-electron chi connectivity index (χ3n) is 4.41. The van der Waals surface area contributed by atoms with Crippen LogP contribution in [-0.2, 0) is 4.74 Å². The standard InChI is InChI=1S/C23H24ClF3N4O2S2/c1-5-35(31(20-11-34-12-29-20)22(32)33-23(2,3)4)19-9-16(24)18(10-17(19)27)30-21(28)13-6-14(25)8-15(26)7-13/h5-12,21,30H,28H2,1-4H3/t21-,35?/m1/s1. The molecule has 0 radical (unpaired) electrons. The van der Waals surface area contributed by atoms with Crippen LogP contribution in [0.15, 0.2) is 46.1 Å². The van der Waals surface area contributed by atoms with E-state index in [-0.39, 0.29) is 21.2 Å². The Morgan fingerprint density at radius 2 is 1.89 bits per heavy atom. The average Bonchev–Trinajstić information content (AvgIpc) is 3.26. The molecule has 1 unspecified atom stereocenters. The lowest BCUT2D eigenvalue weighted by molar-refractivity contribution is 0.0611. The molecule has 0 bridgehead atoms. The second kappa shape index (κ2) is 11.0. The van der Waals surface area contributed by atoms with Crippen molar-refractivity contribution in [1.29, 1.82) is 0 Å². The molecule has 35 heavy (non-hydrogen) atoms. The van der Waals surface area contributed by atoms with Gasteiger partial charge in [-0.1, -0.05) is 22.3 Å². The highest BCUT2D eigenvalue weighted by atomic mass is 35.5. The Morgan fingerprint density at radius 1 is 1.23 bits per heavy atom. The van der Waals surface area contributed by atoms with Gasteiger partial charge in [0.05, 0.1) is 21.1 Å². The first kappa shape index (κ1) is 27.0. The van der Waals surface area contributed by atoms with Crippen molar-refractivity contribution in [2.75, 3.05) is 9.62 Å². The van der Waals surface area contributed by atoms with Crippen LogP contribution in [0.2, 0.25) is 5.02 Å². The molecule has 0 saturated heterocycles. The van der Waals surface area contributed by atoms with Gasteiger partial charge in [0.1, 0.15) is 29.2 Å². The van der Waals surface area contributed by atoms with Gasteiger partial charge in [-0.2, -0.15) is 0 Å². The molecular formula is C23H24ClF3N4O2S2. The maximum Gasteiger partial charge on any atom is 0.426 e. The molecule has 3 rings (SSSR count). The SMILES string of the molecule is C/C=S(\c1cc(Cl)c(N[C@@H](N)c2cc(F)cc(F)c2)cc1F)N(C(=O)OC(C)(C)C)c1cscn1. The zero-order valence-electron chi connectivity index (χ0n) is 19.3. The fourth-order valence-corrected chi connectivity index (χ4v) is 5.55. The van der Waals surface area contributed by atoms with Crippen LogP contribution in [-0.4, -0.2) is 22.0 Å². The second-order valence-corrected chi connectivity index (χ2v) is 11.3. The van der Waals surface area contributed by atoms with E-state index in [0.717, 1.165) is 24.3 Å². The van der Waals surface area contributed by atoms with Crippen molar-refractivity contribution >= 4 is 56.6 Å². The number of rotatable bonds is 6. The van der Waals surface area contributed by atoms with Gasteiger partial charge in [-0.25, -0.2) is 27.3 Å². The lowest BCUT2D eigenvalue weighted by atomic mass is 10.1. The highest BCUT2D eigenvalue weighted by Gasteiger charge is 2.29. The number of aromatic nitrogens is 1. The number of nitrogens with two attached hydrogens (primary N) is 1. The van der Waals surface area contributed by atoms with E-state index in [1.165, 1.54) is 21.7 Å². The third kappa shape index (κ3) is 6.75. The van der Waals surface area contributed by atoms with Crippen LogP contribution >= 0.6 is 33.6 Å². The molecule has 3 aromatic rings. The lowest BCUT2D eigenvalue weighted by Crippen LogP contribution is -2.34. The molecule has 2 aromatic carbocycles. The molecule has 188 valence electrons. The number of halogens is 4. The van der Waals surface area contributed by atoms with Gasteiger partial charge in [0.25, 0.3) is 0 Å². The Balaban J connectivity index is 1.97. The number of ether oxygens (including phenoxy) is 1. The Kier molecular flexibility index (Phi) is 8.47. The van der Waals surface area contributed by atoms with Gasteiger partial charge < -0.3 is 15.8 Å². The van der Waals surface area contributed by atoms with Crippen LogP contribution in [0.4, 0.5) is 29.5 Å². The topological polar surface area (TPSA) is 80.5 Å². The van der Waals surface area contributed by atoms with Crippen LogP contribution in [0.3, 0.4) is 0 Å². The monoisotopic (exact) mass is 544 g/mol. The third-order valence-corrected chi connectivity index (χ3v) is 7.23. The van der Waals surface area contributed by atoms with Gasteiger partial charge in [-0.15, -0.1) is 11.3 Å². The van der Waals surface area contributed by atoms with Crippen molar-refractivity contribution in [1.82, 2.24) is 4.98 Å². The van der Waals surface area contributed by atoms with Gasteiger partial charge in [0, 0.05) is 11.4 Å². The number of hydrogen-bond donors (Lipinski definition) is 2. The zero-order chi connectivity index (χ0) is 25.9. The summed E-state index contributed by atoms with van der Waals surface area (Å²) in [5.41, 5.74) is 7.01. The van der Waals surface area contributed by atoms with Crippen LogP contribution in [0, 0.1) is 17.5 Å². The molecular weight excluding hydrogens is 521 g/mol. The number of nitrogens with one attached hydrogen (secondary N) is 1. The lowest BCUT2D eigenvalue weighted by Gasteiger charge is -2.28. The van der Waals surface area contributed by atoms with E-state index in [1.54, 1.807) is 44.0 Å². The highest BCUT2D eigenvalue weighted by molar-refractivity contribution is 8.16. The summed E-state index contributed by atoms with van der Waals surface area (Å²) in [5.74, 6) is -1.97. The summed E-state index contributed by atoms with van der Waals surface area (Å²) in [4.78, 5) is 17.4. The van der Waals surface area contributed by atoms with Crippen molar-refractivity contribution in [3.05, 3.63) is 69.3 Å². The summed E-state index contributed by atoms with van der Waals surface area (Å²) in [6.07, 6.45) is -1.76. The summed E-state index contributed by atoms with van der Waals surface area (Å²) in [6, 6.07) is 5.33. The Bertz CT molecular complexity index is 1230. The van der Waals surface area contributed by atoms with Crippen molar-refractivity contribution in [2.24, 2.45) is 5.73 Å². The van der Waals surface area contributed by atoms with E-state index in [0.29, 0.717) is 5.82 Å². The maximum atomic E-state index is 15.4. The number of carbonyl (C=O) groups is 1. The number of carbonyl (C=O) groups excluding carboxylic acids is 1. The van der Waals surface area contributed by atoms with E-state index >= 15 is 4.39 Å². The number of hydrogen-bond acceptors (Lipinski definition) is 6. The van der Waals surface area contributed by atoms with Gasteiger partial charge in [-0.3, -0.25) is 0 Å². The van der Waals surface area contributed by atoms with Crippen molar-refractivity contribution in [3.63, 3.8) is 0 Å². The molecule has 1 amide bonds. The first-order chi connectivity index (χ1) is 16.4. The van der Waals surface area contributed by atoms with Gasteiger partial charge in [0.15, 0.2) is 5.82 Å². The maximum absolute atomic E-state index is 15.4. The molecule has 0 aliphatic rings. The van der Waals surface area contributed by atoms with Gasteiger partial charge in [-0.05, 0) is 62.9 Å². The molecule has 0 aliphatic carbocycles. The number of thiazole rings is 1. The number of nitrogens with zero attached hydrogens (tertiary/aromatic N) is 2. The predicted octanol–water partition coefficient (Wildman–Crippen LogP) is 7.09. The summed E-state index contributed by atoms with van der Waals surface area (Å²) in [7, 11) is -1.25. The second-order valence-electron chi connectivity index (χ2n) is 8.26. The summed E-state index contributed by atoms with van der Waals surface area (Å²) in [5, 5.41) is 6.16. The van der Waals surface area contributed by atoms with E-state index in [9.17, 15) is 13.6 Å². The highest BCUT2D eigenvalue weighted by Crippen LogP contribution is 2.41. The van der Waals surface area contributed by atoms with Crippen LogP contribution in [0.25, 0.3) is 0 Å².